The van der Waals surface area contributed by atoms with Crippen LogP contribution < -0.4 is 5.32 Å². The van der Waals surface area contributed by atoms with Crippen molar-refractivity contribution in [2.75, 3.05) is 5.32 Å². The number of anilines is 1. The third kappa shape index (κ3) is 2.76. The molecule has 92 valence electrons. The topological polar surface area (TPSA) is 147 Å². The van der Waals surface area contributed by atoms with Gasteiger partial charge in [-0.25, -0.2) is 0 Å². The van der Waals surface area contributed by atoms with Crippen LogP contribution in [0.5, 0.6) is 5.75 Å². The summed E-state index contributed by atoms with van der Waals surface area (Å²) >= 11 is 0. The van der Waals surface area contributed by atoms with E-state index in [9.17, 15) is 15.2 Å². The van der Waals surface area contributed by atoms with Gasteiger partial charge in [-0.2, -0.15) is 15.8 Å². The molecule has 1 aromatic carbocycles. The van der Waals surface area contributed by atoms with Crippen molar-refractivity contribution in [2.24, 2.45) is 0 Å². The van der Waals surface area contributed by atoms with Crippen LogP contribution in [0, 0.1) is 44.1 Å². The van der Waals surface area contributed by atoms with Gasteiger partial charge in [0, 0.05) is 6.07 Å². The maximum atomic E-state index is 10.8. The van der Waals surface area contributed by atoms with Crippen molar-refractivity contribution in [3.63, 3.8) is 0 Å². The second kappa shape index (κ2) is 5.67. The van der Waals surface area contributed by atoms with Crippen molar-refractivity contribution < 1.29 is 10.0 Å². The largest absolute Gasteiger partial charge is 0.505 e. The number of aromatic hydroxyl groups is 1. The van der Waals surface area contributed by atoms with Gasteiger partial charge in [-0.05, 0) is 6.07 Å². The molecule has 0 heterocycles. The van der Waals surface area contributed by atoms with E-state index < -0.39 is 27.6 Å². The fourth-order valence-electron chi connectivity index (χ4n) is 1.22. The van der Waals surface area contributed by atoms with Gasteiger partial charge in [-0.15, -0.1) is 0 Å². The lowest BCUT2D eigenvalue weighted by molar-refractivity contribution is -0.384. The molecule has 2 N–H and O–H groups in total. The Morgan fingerprint density at radius 1 is 1.26 bits per heavy atom. The molecule has 0 aromatic heterocycles. The highest BCUT2D eigenvalue weighted by Crippen LogP contribution is 2.34. The molecule has 0 amide bonds. The van der Waals surface area contributed by atoms with Gasteiger partial charge < -0.3 is 10.4 Å². The number of hydrogen-bond acceptors (Lipinski definition) is 7. The van der Waals surface area contributed by atoms with Crippen LogP contribution in [0.1, 0.15) is 0 Å². The summed E-state index contributed by atoms with van der Waals surface area (Å²) in [6.07, 6.45) is 0. The van der Waals surface area contributed by atoms with Gasteiger partial charge in [0.05, 0.1) is 4.92 Å². The molecule has 0 bridgehead atoms. The number of benzene rings is 1. The molecule has 0 unspecified atom stereocenters. The molecule has 1 aromatic rings. The van der Waals surface area contributed by atoms with E-state index in [2.05, 4.69) is 5.32 Å². The zero-order valence-electron chi connectivity index (χ0n) is 9.28. The number of hydrogen-bond donors (Lipinski definition) is 2. The van der Waals surface area contributed by atoms with Crippen molar-refractivity contribution in [2.45, 2.75) is 0 Å². The second-order valence-electron chi connectivity index (χ2n) is 3.14. The number of nitro groups is 1. The number of allylic oxidation sites excluding steroid dienone is 2. The molecule has 8 nitrogen and oxygen atoms in total. The number of nitrogens with one attached hydrogen (secondary N) is 1. The lowest BCUT2D eigenvalue weighted by Gasteiger charge is -2.07. The summed E-state index contributed by atoms with van der Waals surface area (Å²) in [4.78, 5) is 10.0. The van der Waals surface area contributed by atoms with Gasteiger partial charge in [0.15, 0.2) is 11.3 Å². The van der Waals surface area contributed by atoms with Crippen LogP contribution in [0.15, 0.2) is 29.5 Å². The number of nitro benzene ring substituents is 1. The zero-order valence-corrected chi connectivity index (χ0v) is 9.28. The zero-order chi connectivity index (χ0) is 14.4. The third-order valence-corrected chi connectivity index (χ3v) is 2.05. The average Bonchev–Trinajstić information content (AvgIpc) is 2.40. The highest BCUT2D eigenvalue weighted by Gasteiger charge is 2.19. The first-order valence-electron chi connectivity index (χ1n) is 4.73. The molecule has 0 atom stereocenters. The normalized spacial score (nSPS) is 8.47. The van der Waals surface area contributed by atoms with E-state index in [0.717, 1.165) is 6.07 Å². The van der Waals surface area contributed by atoms with Gasteiger partial charge in [0.25, 0.3) is 5.69 Å². The van der Waals surface area contributed by atoms with E-state index in [1.807, 2.05) is 0 Å². The summed E-state index contributed by atoms with van der Waals surface area (Å²) in [6, 6.07) is 8.01. The van der Waals surface area contributed by atoms with Crippen LogP contribution in [0.2, 0.25) is 0 Å². The number of phenolic OH excluding ortho intramolecular Hbond substituents is 1. The molecule has 0 radical (unpaired) electrons. The molecule has 0 saturated heterocycles. The van der Waals surface area contributed by atoms with E-state index in [0.29, 0.717) is 0 Å². The minimum absolute atomic E-state index is 0.355. The Bertz CT molecular complexity index is 672. The number of rotatable bonds is 3. The number of phenols is 1. The SMILES string of the molecule is N#CC(C#N)=C(C#N)Nc1c(O)cccc1[N+](=O)[O-]. The summed E-state index contributed by atoms with van der Waals surface area (Å²) in [5.74, 6) is -0.475. The van der Waals surface area contributed by atoms with E-state index in [1.54, 1.807) is 0 Å². The van der Waals surface area contributed by atoms with Gasteiger partial charge in [0.1, 0.15) is 29.7 Å². The Morgan fingerprint density at radius 2 is 1.89 bits per heavy atom. The van der Waals surface area contributed by atoms with E-state index in [1.165, 1.54) is 30.3 Å². The van der Waals surface area contributed by atoms with Crippen molar-refractivity contribution >= 4 is 11.4 Å². The highest BCUT2D eigenvalue weighted by molar-refractivity contribution is 5.73. The second-order valence-corrected chi connectivity index (χ2v) is 3.14. The lowest BCUT2D eigenvalue weighted by Crippen LogP contribution is -2.03. The Kier molecular flexibility index (Phi) is 4.03. The summed E-state index contributed by atoms with van der Waals surface area (Å²) in [7, 11) is 0. The standard InChI is InChI=1S/C11H5N5O3/c12-4-7(5-13)8(6-14)15-11-9(16(18)19)2-1-3-10(11)17/h1-3,15,17H. The molecule has 0 aliphatic heterocycles. The Hall–Kier alpha value is -3.57. The van der Waals surface area contributed by atoms with E-state index >= 15 is 0 Å². The van der Waals surface area contributed by atoms with Gasteiger partial charge >= 0.3 is 0 Å². The van der Waals surface area contributed by atoms with Crippen molar-refractivity contribution in [3.05, 3.63) is 39.6 Å². The fourth-order valence-corrected chi connectivity index (χ4v) is 1.22. The maximum absolute atomic E-state index is 10.8. The first kappa shape index (κ1) is 13.5. The van der Waals surface area contributed by atoms with Crippen LogP contribution in [0.4, 0.5) is 11.4 Å². The molecule has 0 spiro atoms. The van der Waals surface area contributed by atoms with Gasteiger partial charge in [-0.1, -0.05) is 6.07 Å². The molecule has 0 aliphatic carbocycles. The van der Waals surface area contributed by atoms with Crippen LogP contribution >= 0.6 is 0 Å². The quantitative estimate of drug-likeness (QED) is 0.360. The summed E-state index contributed by atoms with van der Waals surface area (Å²) in [5.41, 5.74) is -1.86. The third-order valence-electron chi connectivity index (χ3n) is 2.05. The minimum atomic E-state index is -0.768. The monoisotopic (exact) mass is 255 g/mol. The first-order valence-corrected chi connectivity index (χ1v) is 4.73. The summed E-state index contributed by atoms with van der Waals surface area (Å²) in [6.45, 7) is 0. The molecular weight excluding hydrogens is 250 g/mol. The van der Waals surface area contributed by atoms with Gasteiger partial charge in [0.2, 0.25) is 0 Å². The van der Waals surface area contributed by atoms with Crippen LogP contribution in [0.3, 0.4) is 0 Å². The van der Waals surface area contributed by atoms with E-state index in [-0.39, 0.29) is 5.69 Å². The van der Waals surface area contributed by atoms with E-state index in [4.69, 9.17) is 15.8 Å². The summed E-state index contributed by atoms with van der Waals surface area (Å²) in [5, 5.41) is 48.6. The van der Waals surface area contributed by atoms with Crippen LogP contribution in [-0.4, -0.2) is 10.0 Å². The number of nitriles is 3. The molecular formula is C11H5N5O3. The molecule has 8 heteroatoms. The van der Waals surface area contributed by atoms with Crippen molar-refractivity contribution in [1.29, 1.82) is 15.8 Å². The Labute approximate surface area is 107 Å². The fraction of sp³-hybridized carbons (Fsp3) is 0. The van der Waals surface area contributed by atoms with Crippen molar-refractivity contribution in [3.8, 4) is 24.0 Å². The number of nitrogens with zero attached hydrogens (tertiary/aromatic N) is 4. The molecule has 0 saturated carbocycles. The predicted molar refractivity (Wildman–Crippen MR) is 62.2 cm³/mol. The molecule has 0 fully saturated rings. The smallest absolute Gasteiger partial charge is 0.296 e. The Morgan fingerprint density at radius 3 is 2.37 bits per heavy atom. The molecule has 1 rings (SSSR count). The maximum Gasteiger partial charge on any atom is 0.296 e. The van der Waals surface area contributed by atoms with Gasteiger partial charge in [-0.3, -0.25) is 10.1 Å². The minimum Gasteiger partial charge on any atom is -0.505 e. The highest BCUT2D eigenvalue weighted by atomic mass is 16.6. The Balaban J connectivity index is 3.40. The number of para-hydroxylation sites is 1. The predicted octanol–water partition coefficient (Wildman–Crippen LogP) is 1.54. The van der Waals surface area contributed by atoms with Crippen LogP contribution in [-0.2, 0) is 0 Å². The first-order chi connectivity index (χ1) is 9.04. The van der Waals surface area contributed by atoms with Crippen LogP contribution in [0.25, 0.3) is 0 Å². The van der Waals surface area contributed by atoms with Crippen molar-refractivity contribution in [1.82, 2.24) is 0 Å². The lowest BCUT2D eigenvalue weighted by atomic mass is 10.2. The summed E-state index contributed by atoms with van der Waals surface area (Å²) < 4.78 is 0. The molecule has 19 heavy (non-hydrogen) atoms. The molecule has 0 aliphatic rings. The average molecular weight is 255 g/mol.